The van der Waals surface area contributed by atoms with Crippen LogP contribution in [-0.2, 0) is 15.9 Å². The van der Waals surface area contributed by atoms with Gasteiger partial charge < -0.3 is 19.5 Å². The molecule has 0 spiro atoms. The first-order valence-corrected chi connectivity index (χ1v) is 6.97. The Morgan fingerprint density at radius 3 is 2.55 bits per heavy atom. The summed E-state index contributed by atoms with van der Waals surface area (Å²) >= 11 is 0. The minimum Gasteiger partial charge on any atom is -0.475 e. The van der Waals surface area contributed by atoms with E-state index >= 15 is 0 Å². The minimum atomic E-state index is 0.483. The van der Waals surface area contributed by atoms with Gasteiger partial charge in [-0.25, -0.2) is 4.98 Å². The molecular formula is C14H25N3O3. The van der Waals surface area contributed by atoms with Crippen molar-refractivity contribution in [2.24, 2.45) is 0 Å². The van der Waals surface area contributed by atoms with Gasteiger partial charge in [0.05, 0.1) is 12.2 Å². The molecule has 0 atom stereocenters. The van der Waals surface area contributed by atoms with Gasteiger partial charge in [0.1, 0.15) is 18.2 Å². The van der Waals surface area contributed by atoms with Crippen LogP contribution in [0.3, 0.4) is 0 Å². The van der Waals surface area contributed by atoms with E-state index in [1.807, 2.05) is 20.9 Å². The molecule has 1 aromatic rings. The number of aryl methyl sites for hydroxylation is 1. The van der Waals surface area contributed by atoms with Crippen LogP contribution in [0.2, 0.25) is 0 Å². The molecule has 1 heterocycles. The first-order chi connectivity index (χ1) is 9.72. The summed E-state index contributed by atoms with van der Waals surface area (Å²) in [5, 5.41) is 3.06. The van der Waals surface area contributed by atoms with Crippen LogP contribution in [0.15, 0.2) is 0 Å². The number of aromatic nitrogens is 2. The van der Waals surface area contributed by atoms with Crippen molar-refractivity contribution >= 4 is 5.82 Å². The van der Waals surface area contributed by atoms with E-state index in [-0.39, 0.29) is 0 Å². The molecule has 6 heteroatoms. The van der Waals surface area contributed by atoms with Gasteiger partial charge >= 0.3 is 0 Å². The highest BCUT2D eigenvalue weighted by molar-refractivity contribution is 5.48. The first-order valence-electron chi connectivity index (χ1n) is 6.97. The number of anilines is 1. The van der Waals surface area contributed by atoms with Gasteiger partial charge in [0.2, 0.25) is 5.88 Å². The van der Waals surface area contributed by atoms with Crippen molar-refractivity contribution in [2.45, 2.75) is 26.7 Å². The summed E-state index contributed by atoms with van der Waals surface area (Å²) < 4.78 is 16.1. The van der Waals surface area contributed by atoms with Crippen LogP contribution in [-0.4, -0.2) is 50.6 Å². The quantitative estimate of drug-likeness (QED) is 0.661. The molecule has 6 nitrogen and oxygen atoms in total. The SMILES string of the molecule is CCc1nc(NC)c(C)c(OCCOCCCOC)n1. The highest BCUT2D eigenvalue weighted by Gasteiger charge is 2.10. The molecule has 1 rings (SSSR count). The van der Waals surface area contributed by atoms with E-state index in [9.17, 15) is 0 Å². The lowest BCUT2D eigenvalue weighted by atomic mass is 10.3. The lowest BCUT2D eigenvalue weighted by molar-refractivity contribution is 0.0793. The normalized spacial score (nSPS) is 10.6. The zero-order valence-corrected chi connectivity index (χ0v) is 12.9. The fraction of sp³-hybridized carbons (Fsp3) is 0.714. The fourth-order valence-corrected chi connectivity index (χ4v) is 1.69. The first kappa shape index (κ1) is 16.7. The lowest BCUT2D eigenvalue weighted by Gasteiger charge is -2.12. The third kappa shape index (κ3) is 5.30. The number of methoxy groups -OCH3 is 1. The second-order valence-corrected chi connectivity index (χ2v) is 4.33. The van der Waals surface area contributed by atoms with Crippen molar-refractivity contribution in [1.82, 2.24) is 9.97 Å². The Kier molecular flexibility index (Phi) is 7.91. The maximum absolute atomic E-state index is 5.68. The molecule has 0 unspecified atom stereocenters. The molecule has 0 radical (unpaired) electrons. The van der Waals surface area contributed by atoms with Gasteiger partial charge in [0.15, 0.2) is 0 Å². The molecule has 0 bridgehead atoms. The Bertz CT molecular complexity index is 399. The molecule has 0 aromatic carbocycles. The van der Waals surface area contributed by atoms with E-state index in [1.54, 1.807) is 7.11 Å². The van der Waals surface area contributed by atoms with Gasteiger partial charge in [-0.05, 0) is 13.3 Å². The van der Waals surface area contributed by atoms with E-state index in [2.05, 4.69) is 15.3 Å². The second-order valence-electron chi connectivity index (χ2n) is 4.33. The Labute approximate surface area is 120 Å². The number of ether oxygens (including phenoxy) is 3. The number of nitrogens with zero attached hydrogens (tertiary/aromatic N) is 2. The van der Waals surface area contributed by atoms with Gasteiger partial charge in [-0.2, -0.15) is 4.98 Å². The van der Waals surface area contributed by atoms with Crippen molar-refractivity contribution in [3.8, 4) is 5.88 Å². The van der Waals surface area contributed by atoms with E-state index < -0.39 is 0 Å². The molecule has 0 aliphatic carbocycles. The molecule has 0 aliphatic rings. The van der Waals surface area contributed by atoms with E-state index in [4.69, 9.17) is 14.2 Å². The fourth-order valence-electron chi connectivity index (χ4n) is 1.69. The Hall–Kier alpha value is -1.40. The highest BCUT2D eigenvalue weighted by Crippen LogP contribution is 2.21. The third-order valence-corrected chi connectivity index (χ3v) is 2.80. The van der Waals surface area contributed by atoms with E-state index in [0.29, 0.717) is 25.7 Å². The largest absolute Gasteiger partial charge is 0.475 e. The molecule has 1 aromatic heterocycles. The summed E-state index contributed by atoms with van der Waals surface area (Å²) in [7, 11) is 3.53. The summed E-state index contributed by atoms with van der Waals surface area (Å²) in [5.74, 6) is 2.21. The third-order valence-electron chi connectivity index (χ3n) is 2.80. The van der Waals surface area contributed by atoms with Crippen molar-refractivity contribution < 1.29 is 14.2 Å². The van der Waals surface area contributed by atoms with Gasteiger partial charge in [0.25, 0.3) is 0 Å². The summed E-state index contributed by atoms with van der Waals surface area (Å²) in [6.07, 6.45) is 1.67. The van der Waals surface area contributed by atoms with Gasteiger partial charge in [-0.1, -0.05) is 6.92 Å². The maximum Gasteiger partial charge on any atom is 0.221 e. The molecule has 114 valence electrons. The van der Waals surface area contributed by atoms with Crippen molar-refractivity contribution in [1.29, 1.82) is 0 Å². The molecule has 0 saturated carbocycles. The molecule has 20 heavy (non-hydrogen) atoms. The topological polar surface area (TPSA) is 65.5 Å². The Balaban J connectivity index is 2.43. The Morgan fingerprint density at radius 2 is 1.90 bits per heavy atom. The second kappa shape index (κ2) is 9.50. The van der Waals surface area contributed by atoms with Crippen molar-refractivity contribution in [3.63, 3.8) is 0 Å². The number of rotatable bonds is 10. The van der Waals surface area contributed by atoms with Gasteiger partial charge in [0, 0.05) is 33.8 Å². The summed E-state index contributed by atoms with van der Waals surface area (Å²) in [4.78, 5) is 8.80. The van der Waals surface area contributed by atoms with Crippen molar-refractivity contribution in [3.05, 3.63) is 11.4 Å². The molecule has 0 fully saturated rings. The van der Waals surface area contributed by atoms with Crippen molar-refractivity contribution in [2.75, 3.05) is 45.9 Å². The molecular weight excluding hydrogens is 258 g/mol. The molecule has 0 amide bonds. The zero-order valence-electron chi connectivity index (χ0n) is 12.9. The van der Waals surface area contributed by atoms with Crippen LogP contribution in [0, 0.1) is 6.92 Å². The lowest BCUT2D eigenvalue weighted by Crippen LogP contribution is -2.12. The predicted molar refractivity (Wildman–Crippen MR) is 78.5 cm³/mol. The summed E-state index contributed by atoms with van der Waals surface area (Å²) in [5.41, 5.74) is 0.920. The summed E-state index contributed by atoms with van der Waals surface area (Å²) in [6, 6.07) is 0. The van der Waals surface area contributed by atoms with Crippen LogP contribution in [0.25, 0.3) is 0 Å². The van der Waals surface area contributed by atoms with E-state index in [0.717, 1.165) is 36.7 Å². The Morgan fingerprint density at radius 1 is 1.10 bits per heavy atom. The predicted octanol–water partition coefficient (Wildman–Crippen LogP) is 1.82. The maximum atomic E-state index is 5.68. The average Bonchev–Trinajstić information content (AvgIpc) is 2.47. The number of hydrogen-bond donors (Lipinski definition) is 1. The highest BCUT2D eigenvalue weighted by atomic mass is 16.5. The monoisotopic (exact) mass is 283 g/mol. The molecule has 0 saturated heterocycles. The molecule has 1 N–H and O–H groups in total. The minimum absolute atomic E-state index is 0.483. The van der Waals surface area contributed by atoms with Crippen LogP contribution in [0.5, 0.6) is 5.88 Å². The van der Waals surface area contributed by atoms with Crippen LogP contribution in [0.4, 0.5) is 5.82 Å². The van der Waals surface area contributed by atoms with E-state index in [1.165, 1.54) is 0 Å². The standard InChI is InChI=1S/C14H25N3O3/c1-5-12-16-13(15-3)11(2)14(17-12)20-10-9-19-8-6-7-18-4/h5-10H2,1-4H3,(H,15,16,17). The van der Waals surface area contributed by atoms with Crippen LogP contribution >= 0.6 is 0 Å². The van der Waals surface area contributed by atoms with Gasteiger partial charge in [-0.3, -0.25) is 0 Å². The molecule has 0 aliphatic heterocycles. The summed E-state index contributed by atoms with van der Waals surface area (Å²) in [6.45, 7) is 6.40. The van der Waals surface area contributed by atoms with Gasteiger partial charge in [-0.15, -0.1) is 0 Å². The average molecular weight is 283 g/mol. The van der Waals surface area contributed by atoms with Crippen LogP contribution < -0.4 is 10.1 Å². The van der Waals surface area contributed by atoms with Crippen LogP contribution in [0.1, 0.15) is 24.7 Å². The zero-order chi connectivity index (χ0) is 14.8. The number of hydrogen-bond acceptors (Lipinski definition) is 6. The number of nitrogens with one attached hydrogen (secondary N) is 1. The smallest absolute Gasteiger partial charge is 0.221 e.